The normalized spacial score (nSPS) is 39.0. The third kappa shape index (κ3) is 1.99. The Morgan fingerprint density at radius 2 is 2.00 bits per heavy atom. The Labute approximate surface area is 75.6 Å². The maximum absolute atomic E-state index is 9.84. The van der Waals surface area contributed by atoms with Crippen molar-refractivity contribution in [1.29, 1.82) is 0 Å². The number of nitrogens with zero attached hydrogens (tertiary/aromatic N) is 1. The standard InChI is InChI=1S/C10H21NO/c1-7(2)10-9(12)5-8(3)6-11(10)4/h7-10,12H,5-6H2,1-4H3/t8-,9-,10-/m0/s1. The first-order valence-electron chi connectivity index (χ1n) is 4.90. The van der Waals surface area contributed by atoms with E-state index in [1.165, 1.54) is 0 Å². The number of likely N-dealkylation sites (N-methyl/N-ethyl adjacent to an activating group) is 1. The molecule has 1 rings (SSSR count). The zero-order chi connectivity index (χ0) is 9.30. The molecule has 1 N–H and O–H groups in total. The van der Waals surface area contributed by atoms with E-state index in [1.54, 1.807) is 0 Å². The van der Waals surface area contributed by atoms with Crippen LogP contribution in [0, 0.1) is 11.8 Å². The maximum Gasteiger partial charge on any atom is 0.0700 e. The van der Waals surface area contributed by atoms with Crippen LogP contribution in [0.15, 0.2) is 0 Å². The number of aliphatic hydroxyl groups excluding tert-OH is 1. The van der Waals surface area contributed by atoms with Crippen molar-refractivity contribution >= 4 is 0 Å². The van der Waals surface area contributed by atoms with E-state index in [0.29, 0.717) is 17.9 Å². The van der Waals surface area contributed by atoms with Gasteiger partial charge in [0.15, 0.2) is 0 Å². The highest BCUT2D eigenvalue weighted by atomic mass is 16.3. The van der Waals surface area contributed by atoms with E-state index in [-0.39, 0.29) is 6.10 Å². The lowest BCUT2D eigenvalue weighted by atomic mass is 9.86. The first kappa shape index (κ1) is 10.0. The summed E-state index contributed by atoms with van der Waals surface area (Å²) >= 11 is 0. The van der Waals surface area contributed by atoms with Crippen LogP contribution >= 0.6 is 0 Å². The molecule has 0 saturated carbocycles. The largest absolute Gasteiger partial charge is 0.391 e. The topological polar surface area (TPSA) is 23.5 Å². The Hall–Kier alpha value is -0.0800. The second-order valence-corrected chi connectivity index (χ2v) is 4.58. The summed E-state index contributed by atoms with van der Waals surface area (Å²) in [4.78, 5) is 2.30. The Morgan fingerprint density at radius 3 is 2.42 bits per heavy atom. The summed E-state index contributed by atoms with van der Waals surface area (Å²) in [6.07, 6.45) is 0.839. The van der Waals surface area contributed by atoms with Gasteiger partial charge < -0.3 is 10.0 Å². The fourth-order valence-corrected chi connectivity index (χ4v) is 2.49. The van der Waals surface area contributed by atoms with Crippen molar-refractivity contribution in [2.24, 2.45) is 11.8 Å². The number of hydrogen-bond acceptors (Lipinski definition) is 2. The summed E-state index contributed by atoms with van der Waals surface area (Å²) in [6.45, 7) is 7.69. The van der Waals surface area contributed by atoms with Crippen molar-refractivity contribution in [3.63, 3.8) is 0 Å². The number of likely N-dealkylation sites (tertiary alicyclic amines) is 1. The first-order valence-corrected chi connectivity index (χ1v) is 4.90. The third-order valence-electron chi connectivity index (χ3n) is 2.83. The van der Waals surface area contributed by atoms with Crippen molar-refractivity contribution in [2.75, 3.05) is 13.6 Å². The van der Waals surface area contributed by atoms with Crippen molar-refractivity contribution in [1.82, 2.24) is 4.90 Å². The van der Waals surface area contributed by atoms with Gasteiger partial charge in [0.05, 0.1) is 6.10 Å². The van der Waals surface area contributed by atoms with E-state index in [9.17, 15) is 5.11 Å². The minimum Gasteiger partial charge on any atom is -0.391 e. The summed E-state index contributed by atoms with van der Waals surface area (Å²) in [5.41, 5.74) is 0. The molecule has 2 nitrogen and oxygen atoms in total. The number of piperidine rings is 1. The van der Waals surface area contributed by atoms with Crippen LogP contribution in [0.25, 0.3) is 0 Å². The molecule has 0 bridgehead atoms. The number of rotatable bonds is 1. The van der Waals surface area contributed by atoms with Gasteiger partial charge in [0.2, 0.25) is 0 Å². The van der Waals surface area contributed by atoms with Crippen molar-refractivity contribution < 1.29 is 5.11 Å². The van der Waals surface area contributed by atoms with E-state index in [4.69, 9.17) is 0 Å². The lowest BCUT2D eigenvalue weighted by Crippen LogP contribution is -2.51. The fourth-order valence-electron chi connectivity index (χ4n) is 2.49. The molecule has 0 aromatic carbocycles. The highest BCUT2D eigenvalue weighted by molar-refractivity contribution is 4.86. The van der Waals surface area contributed by atoms with Gasteiger partial charge in [-0.1, -0.05) is 20.8 Å². The van der Waals surface area contributed by atoms with Crippen LogP contribution in [0.5, 0.6) is 0 Å². The van der Waals surface area contributed by atoms with Crippen LogP contribution < -0.4 is 0 Å². The van der Waals surface area contributed by atoms with Crippen molar-refractivity contribution in [3.8, 4) is 0 Å². The minimum absolute atomic E-state index is 0.126. The zero-order valence-electron chi connectivity index (χ0n) is 8.62. The summed E-state index contributed by atoms with van der Waals surface area (Å²) in [7, 11) is 2.11. The molecule has 1 fully saturated rings. The Morgan fingerprint density at radius 1 is 1.42 bits per heavy atom. The predicted octanol–water partition coefficient (Wildman–Crippen LogP) is 1.34. The second kappa shape index (κ2) is 3.75. The van der Waals surface area contributed by atoms with Crippen molar-refractivity contribution in [2.45, 2.75) is 39.3 Å². The molecule has 0 aromatic heterocycles. The molecule has 0 radical (unpaired) electrons. The fraction of sp³-hybridized carbons (Fsp3) is 1.00. The van der Waals surface area contributed by atoms with E-state index >= 15 is 0 Å². The molecular weight excluding hydrogens is 150 g/mol. The predicted molar refractivity (Wildman–Crippen MR) is 51.0 cm³/mol. The molecule has 2 heteroatoms. The van der Waals surface area contributed by atoms with Gasteiger partial charge >= 0.3 is 0 Å². The molecule has 0 unspecified atom stereocenters. The molecule has 1 aliphatic heterocycles. The van der Waals surface area contributed by atoms with Gasteiger partial charge in [0.25, 0.3) is 0 Å². The minimum atomic E-state index is -0.126. The van der Waals surface area contributed by atoms with E-state index in [2.05, 4.69) is 32.7 Å². The third-order valence-corrected chi connectivity index (χ3v) is 2.83. The molecule has 0 spiro atoms. The van der Waals surface area contributed by atoms with E-state index in [0.717, 1.165) is 13.0 Å². The van der Waals surface area contributed by atoms with Gasteiger partial charge in [-0.05, 0) is 25.3 Å². The van der Waals surface area contributed by atoms with Gasteiger partial charge in [-0.2, -0.15) is 0 Å². The summed E-state index contributed by atoms with van der Waals surface area (Å²) in [5, 5.41) is 9.84. The van der Waals surface area contributed by atoms with Crippen molar-refractivity contribution in [3.05, 3.63) is 0 Å². The molecule has 0 aromatic rings. The van der Waals surface area contributed by atoms with Crippen LogP contribution in [0.2, 0.25) is 0 Å². The Kier molecular flexibility index (Phi) is 3.13. The molecule has 0 aliphatic carbocycles. The van der Waals surface area contributed by atoms with Crippen LogP contribution in [0.1, 0.15) is 27.2 Å². The molecule has 3 atom stereocenters. The second-order valence-electron chi connectivity index (χ2n) is 4.58. The number of hydrogen-bond donors (Lipinski definition) is 1. The van der Waals surface area contributed by atoms with Crippen LogP contribution in [0.4, 0.5) is 0 Å². The molecule has 12 heavy (non-hydrogen) atoms. The zero-order valence-corrected chi connectivity index (χ0v) is 8.62. The summed E-state index contributed by atoms with van der Waals surface area (Å²) in [6, 6.07) is 0.362. The Bertz CT molecular complexity index is 135. The lowest BCUT2D eigenvalue weighted by molar-refractivity contribution is -0.0179. The average Bonchev–Trinajstić information content (AvgIpc) is 1.82. The number of aliphatic hydroxyl groups is 1. The maximum atomic E-state index is 9.84. The molecule has 0 amide bonds. The molecule has 1 heterocycles. The van der Waals surface area contributed by atoms with Crippen LogP contribution in [-0.4, -0.2) is 35.7 Å². The van der Waals surface area contributed by atoms with Crippen LogP contribution in [0.3, 0.4) is 0 Å². The lowest BCUT2D eigenvalue weighted by Gasteiger charge is -2.41. The molecule has 1 aliphatic rings. The monoisotopic (exact) mass is 171 g/mol. The Balaban J connectivity index is 2.60. The van der Waals surface area contributed by atoms with Gasteiger partial charge in [-0.15, -0.1) is 0 Å². The van der Waals surface area contributed by atoms with Crippen LogP contribution in [-0.2, 0) is 0 Å². The van der Waals surface area contributed by atoms with E-state index in [1.807, 2.05) is 0 Å². The first-order chi connectivity index (χ1) is 5.52. The summed E-state index contributed by atoms with van der Waals surface area (Å²) < 4.78 is 0. The quantitative estimate of drug-likeness (QED) is 0.643. The van der Waals surface area contributed by atoms with Gasteiger partial charge in [0.1, 0.15) is 0 Å². The van der Waals surface area contributed by atoms with E-state index < -0.39 is 0 Å². The summed E-state index contributed by atoms with van der Waals surface area (Å²) in [5.74, 6) is 1.19. The highest BCUT2D eigenvalue weighted by Crippen LogP contribution is 2.25. The molecule has 1 saturated heterocycles. The molecular formula is C10H21NO. The highest BCUT2D eigenvalue weighted by Gasteiger charge is 2.32. The van der Waals surface area contributed by atoms with Gasteiger partial charge in [-0.25, -0.2) is 0 Å². The SMILES string of the molecule is CC(C)[C@H]1[C@@H](O)C[C@H](C)CN1C. The molecule has 72 valence electrons. The van der Waals surface area contributed by atoms with Gasteiger partial charge in [0, 0.05) is 12.6 Å². The smallest absolute Gasteiger partial charge is 0.0700 e. The van der Waals surface area contributed by atoms with Gasteiger partial charge in [-0.3, -0.25) is 0 Å². The average molecular weight is 171 g/mol.